The van der Waals surface area contributed by atoms with E-state index >= 15 is 0 Å². The first-order chi connectivity index (χ1) is 13.3. The van der Waals surface area contributed by atoms with Crippen molar-refractivity contribution in [3.8, 4) is 0 Å². The third-order valence-corrected chi connectivity index (χ3v) is 6.01. The Morgan fingerprint density at radius 1 is 1.32 bits per heavy atom. The zero-order valence-electron chi connectivity index (χ0n) is 16.7. The highest BCUT2D eigenvalue weighted by molar-refractivity contribution is 5.80. The van der Waals surface area contributed by atoms with E-state index < -0.39 is 17.2 Å². The van der Waals surface area contributed by atoms with Gasteiger partial charge in [0.05, 0.1) is 5.56 Å². The van der Waals surface area contributed by atoms with E-state index in [1.54, 1.807) is 7.05 Å². The summed E-state index contributed by atoms with van der Waals surface area (Å²) in [7, 11) is 1.77. The van der Waals surface area contributed by atoms with Gasteiger partial charge in [0, 0.05) is 45.3 Å². The van der Waals surface area contributed by atoms with Crippen LogP contribution in [-0.2, 0) is 16.3 Å². The third-order valence-electron chi connectivity index (χ3n) is 6.01. The predicted molar refractivity (Wildman–Crippen MR) is 105 cm³/mol. The lowest BCUT2D eigenvalue weighted by molar-refractivity contribution is -0.137. The molecule has 156 valence electrons. The van der Waals surface area contributed by atoms with Gasteiger partial charge in [-0.25, -0.2) is 0 Å². The molecule has 1 atom stereocenters. The van der Waals surface area contributed by atoms with Crippen LogP contribution in [0.4, 0.5) is 13.2 Å². The molecule has 1 aromatic carbocycles. The van der Waals surface area contributed by atoms with E-state index in [2.05, 4.69) is 22.1 Å². The van der Waals surface area contributed by atoms with Crippen LogP contribution in [0.5, 0.6) is 0 Å². The number of likely N-dealkylation sites (tertiary alicyclic amines) is 1. The molecular weight excluding hydrogens is 367 g/mol. The summed E-state index contributed by atoms with van der Waals surface area (Å²) in [6.45, 7) is 5.81. The van der Waals surface area contributed by atoms with Crippen LogP contribution in [0.3, 0.4) is 0 Å². The minimum Gasteiger partial charge on any atom is -0.381 e. The van der Waals surface area contributed by atoms with Gasteiger partial charge in [0.25, 0.3) is 0 Å². The molecule has 1 aromatic rings. The molecule has 2 fully saturated rings. The van der Waals surface area contributed by atoms with Gasteiger partial charge in [-0.1, -0.05) is 25.1 Å². The number of nitrogens with zero attached hydrogens (tertiary/aromatic N) is 2. The topological polar surface area (TPSA) is 36.9 Å². The van der Waals surface area contributed by atoms with Crippen molar-refractivity contribution in [1.82, 2.24) is 10.2 Å². The minimum absolute atomic E-state index is 0.392. The predicted octanol–water partition coefficient (Wildman–Crippen LogP) is 4.06. The molecule has 0 radical (unpaired) electrons. The largest absolute Gasteiger partial charge is 0.416 e. The molecule has 0 bridgehead atoms. The van der Waals surface area contributed by atoms with Crippen molar-refractivity contribution >= 4 is 5.96 Å². The summed E-state index contributed by atoms with van der Waals surface area (Å²) in [6.07, 6.45) is -0.604. The molecule has 7 heteroatoms. The summed E-state index contributed by atoms with van der Waals surface area (Å²) in [6, 6.07) is 5.77. The van der Waals surface area contributed by atoms with Crippen molar-refractivity contribution in [2.24, 2.45) is 10.9 Å². The second kappa shape index (κ2) is 8.72. The standard InChI is InChI=1S/C21H30F3N3O/c1-16-5-4-10-27(14-16)19(25-2)26-15-20(8-11-28-12-9-20)17-6-3-7-18(13-17)21(22,23)24/h3,6-7,13,16H,4-5,8-12,14-15H2,1-2H3,(H,25,26). The van der Waals surface area contributed by atoms with Crippen molar-refractivity contribution in [3.63, 3.8) is 0 Å². The van der Waals surface area contributed by atoms with Crippen LogP contribution >= 0.6 is 0 Å². The summed E-state index contributed by atoms with van der Waals surface area (Å²) in [5.41, 5.74) is -0.262. The Labute approximate surface area is 165 Å². The number of piperidine rings is 1. The van der Waals surface area contributed by atoms with Crippen molar-refractivity contribution in [2.75, 3.05) is 39.9 Å². The van der Waals surface area contributed by atoms with Crippen LogP contribution in [-0.4, -0.2) is 50.8 Å². The maximum Gasteiger partial charge on any atom is 0.416 e. The Bertz CT molecular complexity index is 684. The molecule has 0 aromatic heterocycles. The van der Waals surface area contributed by atoms with Gasteiger partial charge in [-0.15, -0.1) is 0 Å². The number of guanidine groups is 1. The quantitative estimate of drug-likeness (QED) is 0.617. The highest BCUT2D eigenvalue weighted by Crippen LogP contribution is 2.38. The number of benzene rings is 1. The van der Waals surface area contributed by atoms with E-state index in [9.17, 15) is 13.2 Å². The first kappa shape index (κ1) is 21.0. The van der Waals surface area contributed by atoms with Crippen molar-refractivity contribution < 1.29 is 17.9 Å². The smallest absolute Gasteiger partial charge is 0.381 e. The molecule has 0 aliphatic carbocycles. The van der Waals surface area contributed by atoms with Gasteiger partial charge in [-0.05, 0) is 43.2 Å². The molecule has 3 rings (SSSR count). The van der Waals surface area contributed by atoms with Crippen LogP contribution in [0.1, 0.15) is 43.7 Å². The highest BCUT2D eigenvalue weighted by Gasteiger charge is 2.38. The molecule has 2 aliphatic rings. The zero-order valence-corrected chi connectivity index (χ0v) is 16.7. The van der Waals surface area contributed by atoms with Crippen LogP contribution in [0.15, 0.2) is 29.3 Å². The normalized spacial score (nSPS) is 23.5. The summed E-state index contributed by atoms with van der Waals surface area (Å²) in [5, 5.41) is 3.47. The number of aliphatic imine (C=N–C) groups is 1. The van der Waals surface area contributed by atoms with Crippen LogP contribution in [0.25, 0.3) is 0 Å². The number of hydrogen-bond acceptors (Lipinski definition) is 2. The van der Waals surface area contributed by atoms with Crippen LogP contribution in [0, 0.1) is 5.92 Å². The lowest BCUT2D eigenvalue weighted by Gasteiger charge is -2.40. The minimum atomic E-state index is -4.34. The summed E-state index contributed by atoms with van der Waals surface area (Å²) >= 11 is 0. The average Bonchev–Trinajstić information content (AvgIpc) is 2.69. The van der Waals surface area contributed by atoms with Gasteiger partial charge in [0.15, 0.2) is 5.96 Å². The first-order valence-electron chi connectivity index (χ1n) is 10.1. The number of hydrogen-bond donors (Lipinski definition) is 1. The SMILES string of the molecule is CN=C(NCC1(c2cccc(C(F)(F)F)c2)CCOCC1)N1CCCC(C)C1. The number of nitrogens with one attached hydrogen (secondary N) is 1. The van der Waals surface area contributed by atoms with Crippen LogP contribution < -0.4 is 5.32 Å². The van der Waals surface area contributed by atoms with E-state index in [4.69, 9.17) is 4.74 Å². The molecule has 0 spiro atoms. The van der Waals surface area contributed by atoms with Crippen LogP contribution in [0.2, 0.25) is 0 Å². The second-order valence-corrected chi connectivity index (χ2v) is 8.07. The Kier molecular flexibility index (Phi) is 6.53. The number of ether oxygens (including phenoxy) is 1. The van der Waals surface area contributed by atoms with Gasteiger partial charge in [0.1, 0.15) is 0 Å². The summed E-state index contributed by atoms with van der Waals surface area (Å²) in [4.78, 5) is 6.69. The molecule has 0 saturated carbocycles. The average molecular weight is 397 g/mol. The zero-order chi connectivity index (χ0) is 20.2. The summed E-state index contributed by atoms with van der Waals surface area (Å²) in [5.74, 6) is 1.46. The molecular formula is C21H30F3N3O. The van der Waals surface area contributed by atoms with E-state index in [0.29, 0.717) is 38.5 Å². The monoisotopic (exact) mass is 397 g/mol. The maximum atomic E-state index is 13.2. The van der Waals surface area contributed by atoms with Crippen molar-refractivity contribution in [2.45, 2.75) is 44.2 Å². The Hall–Kier alpha value is -1.76. The Morgan fingerprint density at radius 2 is 2.07 bits per heavy atom. The number of halogens is 3. The van der Waals surface area contributed by atoms with Gasteiger partial charge in [-0.2, -0.15) is 13.2 Å². The van der Waals surface area contributed by atoms with E-state index in [-0.39, 0.29) is 0 Å². The molecule has 1 unspecified atom stereocenters. The Morgan fingerprint density at radius 3 is 2.71 bits per heavy atom. The van der Waals surface area contributed by atoms with Crippen molar-refractivity contribution in [3.05, 3.63) is 35.4 Å². The fraction of sp³-hybridized carbons (Fsp3) is 0.667. The molecule has 2 aliphatic heterocycles. The second-order valence-electron chi connectivity index (χ2n) is 8.07. The third kappa shape index (κ3) is 4.80. The highest BCUT2D eigenvalue weighted by atomic mass is 19.4. The van der Waals surface area contributed by atoms with Gasteiger partial charge >= 0.3 is 6.18 Å². The molecule has 2 saturated heterocycles. The van der Waals surface area contributed by atoms with E-state index in [0.717, 1.165) is 37.1 Å². The lowest BCUT2D eigenvalue weighted by atomic mass is 9.73. The molecule has 4 nitrogen and oxygen atoms in total. The molecule has 0 amide bonds. The first-order valence-corrected chi connectivity index (χ1v) is 10.1. The Balaban J connectivity index is 1.80. The van der Waals surface area contributed by atoms with Gasteiger partial charge < -0.3 is 15.0 Å². The fourth-order valence-electron chi connectivity index (χ4n) is 4.32. The number of rotatable bonds is 3. The molecule has 28 heavy (non-hydrogen) atoms. The fourth-order valence-corrected chi connectivity index (χ4v) is 4.32. The summed E-state index contributed by atoms with van der Waals surface area (Å²) < 4.78 is 45.2. The number of alkyl halides is 3. The molecule has 2 heterocycles. The lowest BCUT2D eigenvalue weighted by Crippen LogP contribution is -2.51. The molecule has 1 N–H and O–H groups in total. The van der Waals surface area contributed by atoms with Gasteiger partial charge in [0.2, 0.25) is 0 Å². The van der Waals surface area contributed by atoms with E-state index in [1.807, 2.05) is 6.07 Å². The maximum absolute atomic E-state index is 13.2. The van der Waals surface area contributed by atoms with Gasteiger partial charge in [-0.3, -0.25) is 4.99 Å². The van der Waals surface area contributed by atoms with Crippen molar-refractivity contribution in [1.29, 1.82) is 0 Å². The van der Waals surface area contributed by atoms with E-state index in [1.165, 1.54) is 18.6 Å².